The van der Waals surface area contributed by atoms with Crippen molar-refractivity contribution < 1.29 is 44.1 Å². The van der Waals surface area contributed by atoms with Gasteiger partial charge in [-0.25, -0.2) is 4.79 Å². The van der Waals surface area contributed by atoms with Gasteiger partial charge in [0.1, 0.15) is 18.6 Å². The number of rotatable bonds is 11. The van der Waals surface area contributed by atoms with E-state index >= 15 is 0 Å². The molecule has 0 fully saturated rings. The second-order valence-corrected chi connectivity index (χ2v) is 5.34. The van der Waals surface area contributed by atoms with Crippen LogP contribution in [0.2, 0.25) is 0 Å². The van der Waals surface area contributed by atoms with E-state index < -0.39 is 54.1 Å². The summed E-state index contributed by atoms with van der Waals surface area (Å²) in [6.45, 7) is 0.944. The van der Waals surface area contributed by atoms with Crippen LogP contribution in [0.5, 0.6) is 0 Å². The van der Waals surface area contributed by atoms with Crippen LogP contribution in [0.3, 0.4) is 0 Å². The molecule has 154 valence electrons. The smallest absolute Gasteiger partial charge is 0.372 e. The number of Topliss-reactive ketones (excluding diaryl/α,β-unsaturated/α-hetero) is 1. The molecule has 0 aliphatic heterocycles. The van der Waals surface area contributed by atoms with Crippen LogP contribution in [-0.2, 0) is 28.8 Å². The van der Waals surface area contributed by atoms with Crippen LogP contribution < -0.4 is 16.4 Å². The van der Waals surface area contributed by atoms with E-state index in [1.54, 1.807) is 0 Å². The summed E-state index contributed by atoms with van der Waals surface area (Å²) >= 11 is 3.87. The average Bonchev–Trinajstić information content (AvgIpc) is 2.61. The fraction of sp³-hybridized carbons (Fsp3) is 0.571. The third kappa shape index (κ3) is 14.2. The quantitative estimate of drug-likeness (QED) is 0.145. The SMILES string of the molecule is CCC(=O)C(=O)O.NC(CCC(=O)NC(CS)C(=O)NCC(=O)O)C(=O)O. The Balaban J connectivity index is 0. The number of carbonyl (C=O) groups is 6. The molecule has 0 heterocycles. The van der Waals surface area contributed by atoms with Crippen molar-refractivity contribution in [3.05, 3.63) is 0 Å². The number of hydrogen-bond acceptors (Lipinski definition) is 8. The molecule has 0 aromatic rings. The van der Waals surface area contributed by atoms with E-state index in [-0.39, 0.29) is 25.0 Å². The lowest BCUT2D eigenvalue weighted by molar-refractivity contribution is -0.148. The third-order valence-corrected chi connectivity index (χ3v) is 3.17. The molecule has 0 aliphatic rings. The molecule has 0 rings (SSSR count). The minimum Gasteiger partial charge on any atom is -0.480 e. The number of ketones is 1. The summed E-state index contributed by atoms with van der Waals surface area (Å²) in [6.07, 6.45) is -0.156. The highest BCUT2D eigenvalue weighted by Crippen LogP contribution is 1.97. The third-order valence-electron chi connectivity index (χ3n) is 2.81. The van der Waals surface area contributed by atoms with Gasteiger partial charge in [0.05, 0.1) is 0 Å². The van der Waals surface area contributed by atoms with Gasteiger partial charge >= 0.3 is 17.9 Å². The standard InChI is InChI=1S/C10H17N3O6S.C4H6O3/c11-5(10(18)19)1-2-7(14)13-6(4-20)9(17)12-3-8(15)16;1-2-3(5)4(6)7/h5-6,20H,1-4,11H2,(H,12,17)(H,13,14)(H,15,16)(H,18,19);2H2,1H3,(H,6,7). The molecule has 0 aromatic carbocycles. The van der Waals surface area contributed by atoms with Crippen LogP contribution in [0.25, 0.3) is 0 Å². The first-order valence-electron chi connectivity index (χ1n) is 7.60. The predicted octanol–water partition coefficient (Wildman–Crippen LogP) is -2.16. The molecule has 0 aliphatic carbocycles. The highest BCUT2D eigenvalue weighted by Gasteiger charge is 2.20. The molecule has 0 bridgehead atoms. The largest absolute Gasteiger partial charge is 0.480 e. The summed E-state index contributed by atoms with van der Waals surface area (Å²) in [7, 11) is 0. The molecular weight excluding hydrogens is 386 g/mol. The van der Waals surface area contributed by atoms with Crippen molar-refractivity contribution in [1.82, 2.24) is 10.6 Å². The van der Waals surface area contributed by atoms with Crippen LogP contribution in [0.15, 0.2) is 0 Å². The number of nitrogens with one attached hydrogen (secondary N) is 2. The van der Waals surface area contributed by atoms with Crippen molar-refractivity contribution >= 4 is 48.1 Å². The summed E-state index contributed by atoms with van der Waals surface area (Å²) in [4.78, 5) is 63.2. The molecule has 0 radical (unpaired) electrons. The monoisotopic (exact) mass is 409 g/mol. The van der Waals surface area contributed by atoms with Crippen molar-refractivity contribution in [3.8, 4) is 0 Å². The van der Waals surface area contributed by atoms with Gasteiger partial charge in [-0.3, -0.25) is 24.0 Å². The molecule has 2 unspecified atom stereocenters. The maximum absolute atomic E-state index is 11.5. The van der Waals surface area contributed by atoms with Crippen molar-refractivity contribution in [2.45, 2.75) is 38.3 Å². The van der Waals surface area contributed by atoms with Gasteiger partial charge in [0.25, 0.3) is 0 Å². The molecule has 27 heavy (non-hydrogen) atoms. The van der Waals surface area contributed by atoms with E-state index in [1.807, 2.05) is 0 Å². The zero-order valence-corrected chi connectivity index (χ0v) is 15.4. The van der Waals surface area contributed by atoms with Crippen molar-refractivity contribution in [2.75, 3.05) is 12.3 Å². The Morgan fingerprint density at radius 2 is 1.63 bits per heavy atom. The van der Waals surface area contributed by atoms with Gasteiger partial charge in [-0.15, -0.1) is 0 Å². The Kier molecular flexibility index (Phi) is 14.3. The molecule has 2 atom stereocenters. The van der Waals surface area contributed by atoms with Gasteiger partial charge in [0, 0.05) is 18.6 Å². The first kappa shape index (κ1) is 26.6. The summed E-state index contributed by atoms with van der Waals surface area (Å²) in [6, 6.07) is -2.15. The zero-order chi connectivity index (χ0) is 21.6. The number of aliphatic carboxylic acids is 3. The van der Waals surface area contributed by atoms with Crippen LogP contribution >= 0.6 is 12.6 Å². The number of carbonyl (C=O) groups excluding carboxylic acids is 3. The van der Waals surface area contributed by atoms with Gasteiger partial charge in [0.2, 0.25) is 17.6 Å². The first-order valence-corrected chi connectivity index (χ1v) is 8.23. The van der Waals surface area contributed by atoms with E-state index in [0.717, 1.165) is 0 Å². The highest BCUT2D eigenvalue weighted by molar-refractivity contribution is 7.80. The number of amides is 2. The molecule has 2 amide bonds. The lowest BCUT2D eigenvalue weighted by Gasteiger charge is -2.16. The minimum absolute atomic E-state index is 0.0256. The van der Waals surface area contributed by atoms with E-state index in [4.69, 9.17) is 21.1 Å². The lowest BCUT2D eigenvalue weighted by atomic mass is 10.1. The average molecular weight is 409 g/mol. The molecule has 7 N–H and O–H groups in total. The van der Waals surface area contributed by atoms with E-state index in [2.05, 4.69) is 23.3 Å². The number of hydrogen-bond donors (Lipinski definition) is 7. The number of thiol groups is 1. The topological polar surface area (TPSA) is 213 Å². The molecule has 0 saturated heterocycles. The number of carboxylic acids is 3. The fourth-order valence-corrected chi connectivity index (χ4v) is 1.56. The highest BCUT2D eigenvalue weighted by atomic mass is 32.1. The predicted molar refractivity (Wildman–Crippen MR) is 94.2 cm³/mol. The second-order valence-electron chi connectivity index (χ2n) is 4.98. The van der Waals surface area contributed by atoms with Gasteiger partial charge in [-0.05, 0) is 6.42 Å². The molecular formula is C14H23N3O9S. The summed E-state index contributed by atoms with van der Waals surface area (Å²) < 4.78 is 0. The maximum Gasteiger partial charge on any atom is 0.372 e. The van der Waals surface area contributed by atoms with Gasteiger partial charge in [-0.1, -0.05) is 6.92 Å². The summed E-state index contributed by atoms with van der Waals surface area (Å²) in [5.41, 5.74) is 5.23. The Bertz CT molecular complexity index is 568. The molecule has 0 saturated carbocycles. The lowest BCUT2D eigenvalue weighted by Crippen LogP contribution is -2.49. The van der Waals surface area contributed by atoms with Crippen molar-refractivity contribution in [3.63, 3.8) is 0 Å². The Morgan fingerprint density at radius 3 is 1.96 bits per heavy atom. The second kappa shape index (κ2) is 14.5. The molecule has 0 spiro atoms. The first-order chi connectivity index (χ1) is 12.5. The van der Waals surface area contributed by atoms with Crippen LogP contribution in [0.1, 0.15) is 26.2 Å². The van der Waals surface area contributed by atoms with Crippen molar-refractivity contribution in [2.24, 2.45) is 5.73 Å². The van der Waals surface area contributed by atoms with Crippen LogP contribution in [0, 0.1) is 0 Å². The van der Waals surface area contributed by atoms with Crippen LogP contribution in [0.4, 0.5) is 0 Å². The summed E-state index contributed by atoms with van der Waals surface area (Å²) in [5, 5.41) is 29.2. The zero-order valence-electron chi connectivity index (χ0n) is 14.5. The van der Waals surface area contributed by atoms with E-state index in [0.29, 0.717) is 0 Å². The van der Waals surface area contributed by atoms with Crippen LogP contribution in [-0.4, -0.2) is 75.2 Å². The minimum atomic E-state index is -1.34. The van der Waals surface area contributed by atoms with Gasteiger partial charge in [0.15, 0.2) is 0 Å². The number of carboxylic acid groups (broad SMARTS) is 3. The molecule has 12 nitrogen and oxygen atoms in total. The van der Waals surface area contributed by atoms with E-state index in [1.165, 1.54) is 6.92 Å². The Hall–Kier alpha value is -2.67. The number of nitrogens with two attached hydrogens (primary N) is 1. The molecule has 0 aromatic heterocycles. The summed E-state index contributed by atoms with van der Waals surface area (Å²) in [5.74, 6) is -5.79. The van der Waals surface area contributed by atoms with Gasteiger partial charge < -0.3 is 31.7 Å². The Morgan fingerprint density at radius 1 is 1.07 bits per heavy atom. The normalized spacial score (nSPS) is 11.8. The van der Waals surface area contributed by atoms with E-state index in [9.17, 15) is 28.8 Å². The Labute approximate surface area is 159 Å². The van der Waals surface area contributed by atoms with Gasteiger partial charge in [-0.2, -0.15) is 12.6 Å². The van der Waals surface area contributed by atoms with Crippen molar-refractivity contribution in [1.29, 1.82) is 0 Å². The fourth-order valence-electron chi connectivity index (χ4n) is 1.31. The molecule has 13 heteroatoms. The maximum atomic E-state index is 11.5.